The smallest absolute Gasteiger partial charge is 0.0755 e. The van der Waals surface area contributed by atoms with Gasteiger partial charge in [-0.25, -0.2) is 0 Å². The molecule has 0 bridgehead atoms. The minimum atomic E-state index is -0.148. The molecule has 0 saturated heterocycles. The Morgan fingerprint density at radius 1 is 1.00 bits per heavy atom. The van der Waals surface area contributed by atoms with E-state index in [4.69, 9.17) is 0 Å². The zero-order valence-corrected chi connectivity index (χ0v) is 19.3. The highest BCUT2D eigenvalue weighted by molar-refractivity contribution is 5.27. The van der Waals surface area contributed by atoms with Gasteiger partial charge in [-0.3, -0.25) is 0 Å². The molecular formula is C27H46O. The number of allylic oxidation sites excluding steroid dienone is 1. The number of aliphatic hydroxyl groups is 1. The van der Waals surface area contributed by atoms with Crippen LogP contribution in [0.5, 0.6) is 0 Å². The van der Waals surface area contributed by atoms with Gasteiger partial charge in [0.05, 0.1) is 6.10 Å². The third kappa shape index (κ3) is 3.32. The minimum absolute atomic E-state index is 0.148. The molecule has 28 heavy (non-hydrogen) atoms. The van der Waals surface area contributed by atoms with Crippen LogP contribution in [0.3, 0.4) is 0 Å². The lowest BCUT2D eigenvalue weighted by atomic mass is 9.47. The molecule has 4 aliphatic rings. The van der Waals surface area contributed by atoms with Crippen LogP contribution in [0.4, 0.5) is 0 Å². The maximum atomic E-state index is 10.7. The summed E-state index contributed by atoms with van der Waals surface area (Å²) in [5.41, 5.74) is 2.30. The van der Waals surface area contributed by atoms with Gasteiger partial charge in [0.2, 0.25) is 0 Å². The van der Waals surface area contributed by atoms with E-state index in [0.717, 1.165) is 41.9 Å². The third-order valence-corrected chi connectivity index (χ3v) is 10.3. The largest absolute Gasteiger partial charge is 0.389 e. The normalized spacial score (nSPS) is 46.5. The molecule has 0 aliphatic heterocycles. The van der Waals surface area contributed by atoms with Crippen LogP contribution in [0.2, 0.25) is 0 Å². The highest BCUT2D eigenvalue weighted by Gasteiger charge is 2.59. The van der Waals surface area contributed by atoms with Crippen molar-refractivity contribution in [1.29, 1.82) is 0 Å². The predicted octanol–water partition coefficient (Wildman–Crippen LogP) is 7.39. The highest BCUT2D eigenvalue weighted by Crippen LogP contribution is 2.67. The molecule has 4 aliphatic carbocycles. The second-order valence-electron chi connectivity index (χ2n) is 12.1. The number of hydrogen-bond acceptors (Lipinski definition) is 1. The van der Waals surface area contributed by atoms with E-state index in [0.29, 0.717) is 10.8 Å². The first-order valence-electron chi connectivity index (χ1n) is 12.7. The minimum Gasteiger partial charge on any atom is -0.389 e. The van der Waals surface area contributed by atoms with Crippen molar-refractivity contribution < 1.29 is 5.11 Å². The van der Waals surface area contributed by atoms with Crippen molar-refractivity contribution in [3.63, 3.8) is 0 Å². The molecule has 160 valence electrons. The molecule has 0 radical (unpaired) electrons. The number of rotatable bonds is 5. The van der Waals surface area contributed by atoms with E-state index < -0.39 is 0 Å². The molecule has 0 spiro atoms. The van der Waals surface area contributed by atoms with Crippen molar-refractivity contribution in [2.24, 2.45) is 46.3 Å². The lowest BCUT2D eigenvalue weighted by molar-refractivity contribution is -0.0590. The molecule has 1 N–H and O–H groups in total. The molecule has 0 aromatic rings. The van der Waals surface area contributed by atoms with Crippen molar-refractivity contribution in [3.05, 3.63) is 11.6 Å². The molecule has 1 unspecified atom stereocenters. The molecule has 0 aromatic heterocycles. The van der Waals surface area contributed by atoms with Crippen molar-refractivity contribution in [3.8, 4) is 0 Å². The Morgan fingerprint density at radius 2 is 1.79 bits per heavy atom. The first kappa shape index (κ1) is 21.0. The Morgan fingerprint density at radius 3 is 2.54 bits per heavy atom. The average Bonchev–Trinajstić information content (AvgIpc) is 2.98. The fraction of sp³-hybridized carbons (Fsp3) is 0.926. The maximum absolute atomic E-state index is 10.7. The van der Waals surface area contributed by atoms with E-state index in [1.807, 2.05) is 0 Å². The summed E-state index contributed by atoms with van der Waals surface area (Å²) in [4.78, 5) is 0. The summed E-state index contributed by atoms with van der Waals surface area (Å²) in [6.45, 7) is 12.5. The molecule has 1 nitrogen and oxygen atoms in total. The summed E-state index contributed by atoms with van der Waals surface area (Å²) in [6, 6.07) is 0. The van der Waals surface area contributed by atoms with Gasteiger partial charge in [0.25, 0.3) is 0 Å². The quantitative estimate of drug-likeness (QED) is 0.488. The van der Waals surface area contributed by atoms with E-state index in [2.05, 4.69) is 40.7 Å². The van der Waals surface area contributed by atoms with E-state index in [1.165, 1.54) is 69.8 Å². The average molecular weight is 387 g/mol. The van der Waals surface area contributed by atoms with Gasteiger partial charge in [0, 0.05) is 0 Å². The molecule has 1 heteroatoms. The SMILES string of the molecule is CC(C)CCC[C@@H](C)[C@H]1CC[C@H]2[C@@H]3CC=C4C(O)CCC[C@]4(C)[C@H]3CC[C@]12C. The Bertz CT molecular complexity index is 591. The number of fused-ring (bicyclic) bond motifs is 5. The molecule has 0 heterocycles. The monoisotopic (exact) mass is 386 g/mol. The first-order chi connectivity index (χ1) is 13.3. The van der Waals surface area contributed by atoms with Gasteiger partial charge in [0.1, 0.15) is 0 Å². The number of hydrogen-bond donors (Lipinski definition) is 1. The van der Waals surface area contributed by atoms with Crippen LogP contribution in [0, 0.1) is 46.3 Å². The second kappa shape index (κ2) is 7.75. The standard InChI is InChI=1S/C27H46O/c1-18(2)8-6-9-19(3)21-13-14-22-20-11-12-24-25(28)10-7-16-26(24,4)23(20)15-17-27(21,22)5/h12,18-23,25,28H,6-11,13-17H2,1-5H3/t19-,20+,21-,22+,23+,25?,26-,27-/m1/s1. The number of aliphatic hydroxyl groups excluding tert-OH is 1. The van der Waals surface area contributed by atoms with E-state index in [9.17, 15) is 5.11 Å². The van der Waals surface area contributed by atoms with Gasteiger partial charge in [-0.15, -0.1) is 0 Å². The van der Waals surface area contributed by atoms with E-state index in [-0.39, 0.29) is 6.10 Å². The molecule has 0 aromatic carbocycles. The van der Waals surface area contributed by atoms with Crippen LogP contribution in [-0.2, 0) is 0 Å². The van der Waals surface area contributed by atoms with Crippen LogP contribution in [-0.4, -0.2) is 11.2 Å². The molecule has 3 saturated carbocycles. The molecule has 4 rings (SSSR count). The van der Waals surface area contributed by atoms with Crippen molar-refractivity contribution in [2.75, 3.05) is 0 Å². The van der Waals surface area contributed by atoms with Crippen molar-refractivity contribution >= 4 is 0 Å². The van der Waals surface area contributed by atoms with Crippen molar-refractivity contribution in [1.82, 2.24) is 0 Å². The summed E-state index contributed by atoms with van der Waals surface area (Å²) in [5, 5.41) is 10.7. The van der Waals surface area contributed by atoms with Crippen LogP contribution in [0.15, 0.2) is 11.6 Å². The predicted molar refractivity (Wildman–Crippen MR) is 119 cm³/mol. The topological polar surface area (TPSA) is 20.2 Å². The Labute approximate surface area is 174 Å². The summed E-state index contributed by atoms with van der Waals surface area (Å²) in [6.07, 6.45) is 17.2. The summed E-state index contributed by atoms with van der Waals surface area (Å²) in [5.74, 6) is 5.33. The van der Waals surface area contributed by atoms with Gasteiger partial charge in [0.15, 0.2) is 0 Å². The van der Waals surface area contributed by atoms with E-state index in [1.54, 1.807) is 0 Å². The van der Waals surface area contributed by atoms with Crippen LogP contribution in [0.1, 0.15) is 105 Å². The fourth-order valence-electron chi connectivity index (χ4n) is 8.81. The van der Waals surface area contributed by atoms with Gasteiger partial charge in [-0.05, 0) is 103 Å². The molecule has 0 amide bonds. The van der Waals surface area contributed by atoms with Gasteiger partial charge in [-0.1, -0.05) is 60.0 Å². The summed E-state index contributed by atoms with van der Waals surface area (Å²) < 4.78 is 0. The first-order valence-corrected chi connectivity index (χ1v) is 12.7. The highest BCUT2D eigenvalue weighted by atomic mass is 16.3. The fourth-order valence-corrected chi connectivity index (χ4v) is 8.81. The molecule has 3 fully saturated rings. The lowest BCUT2D eigenvalue weighted by Gasteiger charge is -2.58. The third-order valence-electron chi connectivity index (χ3n) is 10.3. The van der Waals surface area contributed by atoms with Crippen molar-refractivity contribution in [2.45, 2.75) is 111 Å². The summed E-state index contributed by atoms with van der Waals surface area (Å²) >= 11 is 0. The lowest BCUT2D eigenvalue weighted by Crippen LogP contribution is -2.51. The zero-order chi connectivity index (χ0) is 20.1. The van der Waals surface area contributed by atoms with Crippen LogP contribution in [0.25, 0.3) is 0 Å². The maximum Gasteiger partial charge on any atom is 0.0755 e. The second-order valence-corrected chi connectivity index (χ2v) is 12.1. The zero-order valence-electron chi connectivity index (χ0n) is 19.3. The van der Waals surface area contributed by atoms with Crippen LogP contribution >= 0.6 is 0 Å². The van der Waals surface area contributed by atoms with Crippen LogP contribution < -0.4 is 0 Å². The molecule has 8 atom stereocenters. The van der Waals surface area contributed by atoms with Gasteiger partial charge < -0.3 is 5.11 Å². The summed E-state index contributed by atoms with van der Waals surface area (Å²) in [7, 11) is 0. The molecular weight excluding hydrogens is 340 g/mol. The Balaban J connectivity index is 1.50. The van der Waals surface area contributed by atoms with Gasteiger partial charge in [-0.2, -0.15) is 0 Å². The van der Waals surface area contributed by atoms with E-state index >= 15 is 0 Å². The van der Waals surface area contributed by atoms with Gasteiger partial charge >= 0.3 is 0 Å². The Hall–Kier alpha value is -0.300. The Kier molecular flexibility index (Phi) is 5.80.